The van der Waals surface area contributed by atoms with Crippen LogP contribution >= 0.6 is 0 Å². The molecule has 1 aliphatic heterocycles. The Hall–Kier alpha value is -2.61. The molecule has 108 valence electrons. The Morgan fingerprint density at radius 1 is 1.05 bits per heavy atom. The summed E-state index contributed by atoms with van der Waals surface area (Å²) in [6, 6.07) is 5.96. The monoisotopic (exact) mass is 299 g/mol. The van der Waals surface area contributed by atoms with E-state index in [-0.39, 0.29) is 11.1 Å². The maximum atomic E-state index is 12.1. The molecule has 1 heterocycles. The lowest BCUT2D eigenvalue weighted by Crippen LogP contribution is -2.40. The molecule has 0 N–H and O–H groups in total. The maximum absolute atomic E-state index is 12.1. The highest BCUT2D eigenvalue weighted by molar-refractivity contribution is 6.20. The maximum Gasteiger partial charge on any atom is 0.378 e. The Balaban J connectivity index is 2.21. The molecule has 22 heavy (non-hydrogen) atoms. The molecule has 1 aromatic rings. The molecule has 1 aromatic carbocycles. The van der Waals surface area contributed by atoms with Gasteiger partial charge in [0.1, 0.15) is 0 Å². The van der Waals surface area contributed by atoms with Crippen LogP contribution in [0.3, 0.4) is 0 Å². The van der Waals surface area contributed by atoms with Crippen molar-refractivity contribution in [3.05, 3.63) is 35.4 Å². The molecule has 4 radical (unpaired) electrons. The van der Waals surface area contributed by atoms with Crippen LogP contribution < -0.4 is 0 Å². The summed E-state index contributed by atoms with van der Waals surface area (Å²) >= 11 is 0. The van der Waals surface area contributed by atoms with Gasteiger partial charge in [-0.3, -0.25) is 19.2 Å². The Bertz CT molecular complexity index is 613. The van der Waals surface area contributed by atoms with Gasteiger partial charge in [0.25, 0.3) is 17.8 Å². The second-order valence-corrected chi connectivity index (χ2v) is 4.18. The lowest BCUT2D eigenvalue weighted by Gasteiger charge is -2.20. The number of rotatable bonds is 5. The lowest BCUT2D eigenvalue weighted by atomic mass is 10.1. The van der Waals surface area contributed by atoms with Gasteiger partial charge >= 0.3 is 22.1 Å². The van der Waals surface area contributed by atoms with E-state index in [1.807, 2.05) is 0 Å². The van der Waals surface area contributed by atoms with Gasteiger partial charge in [0.05, 0.1) is 17.5 Å². The number of amides is 2. The van der Waals surface area contributed by atoms with Gasteiger partial charge < -0.3 is 9.31 Å². The first kappa shape index (κ1) is 15.8. The van der Waals surface area contributed by atoms with Gasteiger partial charge in [-0.25, -0.2) is 4.84 Å². The van der Waals surface area contributed by atoms with Crippen molar-refractivity contribution < 1.29 is 33.3 Å². The minimum atomic E-state index is -1.66. The first-order valence-corrected chi connectivity index (χ1v) is 5.94. The summed E-state index contributed by atoms with van der Waals surface area (Å²) in [5.41, 5.74) is 0.211. The standard InChI is InChI=1S/C12H7B2NO7/c13-20-9(16)5-8(12(19)21-14)22-15-10(17)6-3-1-2-4-7(6)11(15)18/h1-4,8H,5H2/t8-/m0/s1. The average molecular weight is 299 g/mol. The topological polar surface area (TPSA) is 99.2 Å². The van der Waals surface area contributed by atoms with Crippen LogP contribution in [0.2, 0.25) is 0 Å². The molecule has 0 spiro atoms. The third kappa shape index (κ3) is 2.86. The zero-order chi connectivity index (χ0) is 16.3. The van der Waals surface area contributed by atoms with E-state index >= 15 is 0 Å². The fourth-order valence-corrected chi connectivity index (χ4v) is 1.83. The SMILES string of the molecule is [B]OC(=O)C[C@H](ON1C(=O)c2ccccc2C1=O)C(=O)O[B]. The van der Waals surface area contributed by atoms with Crippen molar-refractivity contribution >= 4 is 39.9 Å². The molecule has 2 amide bonds. The van der Waals surface area contributed by atoms with E-state index < -0.39 is 36.3 Å². The molecule has 8 nitrogen and oxygen atoms in total. The Labute approximate surface area is 127 Å². The number of benzene rings is 1. The van der Waals surface area contributed by atoms with Crippen molar-refractivity contribution in [3.8, 4) is 0 Å². The van der Waals surface area contributed by atoms with E-state index in [1.165, 1.54) is 12.1 Å². The second kappa shape index (κ2) is 6.44. The van der Waals surface area contributed by atoms with Gasteiger partial charge in [-0.05, 0) is 12.1 Å². The average Bonchev–Trinajstić information content (AvgIpc) is 2.78. The van der Waals surface area contributed by atoms with Crippen LogP contribution in [0.15, 0.2) is 24.3 Å². The van der Waals surface area contributed by atoms with Crippen molar-refractivity contribution in [2.24, 2.45) is 0 Å². The van der Waals surface area contributed by atoms with Gasteiger partial charge in [-0.1, -0.05) is 12.1 Å². The van der Waals surface area contributed by atoms with Crippen LogP contribution in [-0.4, -0.2) is 51.0 Å². The number of fused-ring (bicyclic) bond motifs is 1. The van der Waals surface area contributed by atoms with Gasteiger partial charge in [0.2, 0.25) is 0 Å². The molecule has 0 saturated carbocycles. The number of hydrogen-bond donors (Lipinski definition) is 0. The van der Waals surface area contributed by atoms with Crippen molar-refractivity contribution in [1.82, 2.24) is 5.06 Å². The van der Waals surface area contributed by atoms with Crippen molar-refractivity contribution in [2.75, 3.05) is 0 Å². The van der Waals surface area contributed by atoms with Crippen molar-refractivity contribution in [1.29, 1.82) is 0 Å². The Morgan fingerprint density at radius 3 is 2.05 bits per heavy atom. The summed E-state index contributed by atoms with van der Waals surface area (Å²) in [5, 5.41) is 0.357. The van der Waals surface area contributed by atoms with E-state index in [9.17, 15) is 19.2 Å². The minimum Gasteiger partial charge on any atom is -0.543 e. The molecule has 0 aromatic heterocycles. The first-order valence-electron chi connectivity index (χ1n) is 5.94. The molecule has 1 aliphatic rings. The first-order chi connectivity index (χ1) is 10.5. The molecule has 0 aliphatic carbocycles. The molecule has 10 heteroatoms. The Kier molecular flexibility index (Phi) is 4.62. The highest BCUT2D eigenvalue weighted by atomic mass is 16.7. The number of carbonyl (C=O) groups is 4. The van der Waals surface area contributed by atoms with Gasteiger partial charge in [-0.15, -0.1) is 5.06 Å². The third-order valence-electron chi connectivity index (χ3n) is 2.85. The van der Waals surface area contributed by atoms with Gasteiger partial charge in [0, 0.05) is 0 Å². The number of carbonyl (C=O) groups excluding carboxylic acids is 4. The summed E-state index contributed by atoms with van der Waals surface area (Å²) in [6.07, 6.45) is -2.36. The number of imide groups is 1. The minimum absolute atomic E-state index is 0.105. The Morgan fingerprint density at radius 2 is 1.59 bits per heavy atom. The number of hydroxylamine groups is 2. The van der Waals surface area contributed by atoms with E-state index in [1.54, 1.807) is 12.1 Å². The normalized spacial score (nSPS) is 14.5. The van der Waals surface area contributed by atoms with E-state index in [0.29, 0.717) is 5.06 Å². The largest absolute Gasteiger partial charge is 0.543 e. The van der Waals surface area contributed by atoms with Crippen LogP contribution in [0.1, 0.15) is 27.1 Å². The highest BCUT2D eigenvalue weighted by Crippen LogP contribution is 2.24. The predicted molar refractivity (Wildman–Crippen MR) is 70.1 cm³/mol. The zero-order valence-corrected chi connectivity index (χ0v) is 11.1. The summed E-state index contributed by atoms with van der Waals surface area (Å²) < 4.78 is 7.85. The van der Waals surface area contributed by atoms with Crippen LogP contribution in [0.5, 0.6) is 0 Å². The van der Waals surface area contributed by atoms with E-state index in [2.05, 4.69) is 17.4 Å². The molecule has 0 saturated heterocycles. The smallest absolute Gasteiger partial charge is 0.378 e. The highest BCUT2D eigenvalue weighted by Gasteiger charge is 2.40. The van der Waals surface area contributed by atoms with E-state index in [4.69, 9.17) is 12.9 Å². The third-order valence-corrected chi connectivity index (χ3v) is 2.85. The zero-order valence-electron chi connectivity index (χ0n) is 11.1. The predicted octanol–water partition coefficient (Wildman–Crippen LogP) is -0.774. The molecule has 0 bridgehead atoms. The van der Waals surface area contributed by atoms with Crippen LogP contribution in [-0.2, 0) is 23.7 Å². The van der Waals surface area contributed by atoms with Crippen LogP contribution in [0.25, 0.3) is 0 Å². The van der Waals surface area contributed by atoms with Crippen molar-refractivity contribution in [3.63, 3.8) is 0 Å². The number of hydrogen-bond acceptors (Lipinski definition) is 7. The summed E-state index contributed by atoms with van der Waals surface area (Å²) in [7, 11) is 9.37. The lowest BCUT2D eigenvalue weighted by molar-refractivity contribution is -0.177. The second-order valence-electron chi connectivity index (χ2n) is 4.18. The molecule has 0 fully saturated rings. The fourth-order valence-electron chi connectivity index (χ4n) is 1.83. The molecular formula is C12H7B2NO7. The summed E-state index contributed by atoms with van der Waals surface area (Å²) in [4.78, 5) is 51.7. The summed E-state index contributed by atoms with van der Waals surface area (Å²) in [5.74, 6) is -3.76. The van der Waals surface area contributed by atoms with E-state index in [0.717, 1.165) is 0 Å². The quantitative estimate of drug-likeness (QED) is 0.519. The molecular weight excluding hydrogens is 292 g/mol. The molecule has 2 rings (SSSR count). The van der Waals surface area contributed by atoms with Gasteiger partial charge in [0.15, 0.2) is 6.10 Å². The fraction of sp³-hybridized carbons (Fsp3) is 0.167. The summed E-state index contributed by atoms with van der Waals surface area (Å²) in [6.45, 7) is 0. The molecule has 1 atom stereocenters. The van der Waals surface area contributed by atoms with Gasteiger partial charge in [-0.2, -0.15) is 0 Å². The van der Waals surface area contributed by atoms with Crippen LogP contribution in [0, 0.1) is 0 Å². The number of nitrogens with zero attached hydrogens (tertiary/aromatic N) is 1. The van der Waals surface area contributed by atoms with Crippen LogP contribution in [0.4, 0.5) is 0 Å². The molecule has 0 unspecified atom stereocenters. The van der Waals surface area contributed by atoms with Crippen molar-refractivity contribution in [2.45, 2.75) is 12.5 Å².